The maximum atomic E-state index is 13.5. The first-order valence-corrected chi connectivity index (χ1v) is 13.6. The van der Waals surface area contributed by atoms with E-state index in [1.165, 1.54) is 24.3 Å². The lowest BCUT2D eigenvalue weighted by molar-refractivity contribution is 0.0451. The van der Waals surface area contributed by atoms with Gasteiger partial charge in [-0.1, -0.05) is 49.1 Å². The van der Waals surface area contributed by atoms with Crippen LogP contribution in [0, 0.1) is 11.6 Å². The number of rotatable bonds is 14. The number of β-amino-alcohol motifs (C(OH)–C–C–N with tert-alkyl or cyclic N) is 1. The van der Waals surface area contributed by atoms with Crippen LogP contribution in [0.15, 0.2) is 85.5 Å². The van der Waals surface area contributed by atoms with Gasteiger partial charge in [-0.3, -0.25) is 4.90 Å². The summed E-state index contributed by atoms with van der Waals surface area (Å²) in [4.78, 5) is 4.71. The second kappa shape index (κ2) is 14.8. The van der Waals surface area contributed by atoms with Gasteiger partial charge in [-0.2, -0.15) is 0 Å². The first-order valence-electron chi connectivity index (χ1n) is 13.6. The summed E-state index contributed by atoms with van der Waals surface area (Å²) in [5, 5.41) is 10.6. The lowest BCUT2D eigenvalue weighted by Gasteiger charge is -2.35. The predicted octanol–water partition coefficient (Wildman–Crippen LogP) is 5.50. The first kappa shape index (κ1) is 28.7. The van der Waals surface area contributed by atoms with E-state index in [0.717, 1.165) is 56.7 Å². The molecule has 1 atom stereocenters. The van der Waals surface area contributed by atoms with E-state index in [4.69, 9.17) is 9.47 Å². The molecule has 0 bridgehead atoms. The topological polar surface area (TPSA) is 45.2 Å². The van der Waals surface area contributed by atoms with Crippen molar-refractivity contribution in [2.24, 2.45) is 0 Å². The van der Waals surface area contributed by atoms with E-state index in [2.05, 4.69) is 16.4 Å². The molecule has 0 aromatic heterocycles. The van der Waals surface area contributed by atoms with Gasteiger partial charge in [0.1, 0.15) is 31.0 Å². The van der Waals surface area contributed by atoms with Crippen LogP contribution in [-0.4, -0.2) is 73.5 Å². The van der Waals surface area contributed by atoms with Crippen LogP contribution in [0.4, 0.5) is 8.78 Å². The Morgan fingerprint density at radius 2 is 1.33 bits per heavy atom. The Labute approximate surface area is 230 Å². The van der Waals surface area contributed by atoms with E-state index in [-0.39, 0.29) is 24.2 Å². The van der Waals surface area contributed by atoms with Crippen molar-refractivity contribution in [3.8, 4) is 11.5 Å². The van der Waals surface area contributed by atoms with Crippen LogP contribution in [0.3, 0.4) is 0 Å². The predicted molar refractivity (Wildman–Crippen MR) is 150 cm³/mol. The summed E-state index contributed by atoms with van der Waals surface area (Å²) in [6, 6.07) is 20.7. The van der Waals surface area contributed by atoms with E-state index in [9.17, 15) is 13.9 Å². The Morgan fingerprint density at radius 1 is 0.795 bits per heavy atom. The zero-order chi connectivity index (χ0) is 27.5. The van der Waals surface area contributed by atoms with Gasteiger partial charge < -0.3 is 19.5 Å². The van der Waals surface area contributed by atoms with Crippen LogP contribution >= 0.6 is 0 Å². The summed E-state index contributed by atoms with van der Waals surface area (Å²) in [5.74, 6) is 0.832. The Morgan fingerprint density at radius 3 is 1.90 bits per heavy atom. The maximum absolute atomic E-state index is 13.5. The molecule has 0 radical (unpaired) electrons. The summed E-state index contributed by atoms with van der Waals surface area (Å²) in [6.45, 7) is 9.41. The minimum Gasteiger partial charge on any atom is -0.487 e. The SMILES string of the molecule is C=CCOc1ccccc1OCC(O)CN1CCN(CCCC(c2ccc(F)cc2)c2ccc(F)cc2)CC1. The summed E-state index contributed by atoms with van der Waals surface area (Å²) in [6.07, 6.45) is 2.95. The van der Waals surface area contributed by atoms with E-state index in [0.29, 0.717) is 24.7 Å². The molecule has 1 fully saturated rings. The fourth-order valence-electron chi connectivity index (χ4n) is 5.00. The van der Waals surface area contributed by atoms with E-state index in [1.54, 1.807) is 6.08 Å². The lowest BCUT2D eigenvalue weighted by atomic mass is 9.87. The average molecular weight is 537 g/mol. The summed E-state index contributed by atoms with van der Waals surface area (Å²) >= 11 is 0. The highest BCUT2D eigenvalue weighted by Gasteiger charge is 2.21. The smallest absolute Gasteiger partial charge is 0.161 e. The zero-order valence-corrected chi connectivity index (χ0v) is 22.4. The largest absolute Gasteiger partial charge is 0.487 e. The number of hydrogen-bond acceptors (Lipinski definition) is 5. The van der Waals surface area contributed by atoms with Crippen molar-refractivity contribution in [3.05, 3.63) is 108 Å². The molecule has 4 rings (SSSR count). The maximum Gasteiger partial charge on any atom is 0.161 e. The highest BCUT2D eigenvalue weighted by Crippen LogP contribution is 2.30. The highest BCUT2D eigenvalue weighted by atomic mass is 19.1. The number of halogens is 2. The zero-order valence-electron chi connectivity index (χ0n) is 22.4. The van der Waals surface area contributed by atoms with Gasteiger partial charge in [0.15, 0.2) is 11.5 Å². The molecule has 208 valence electrons. The van der Waals surface area contributed by atoms with E-state index in [1.807, 2.05) is 48.5 Å². The Hall–Kier alpha value is -3.26. The number of para-hydroxylation sites is 2. The molecule has 5 nitrogen and oxygen atoms in total. The normalized spacial score (nSPS) is 15.3. The Kier molecular flexibility index (Phi) is 10.9. The fraction of sp³-hybridized carbons (Fsp3) is 0.375. The minimum atomic E-state index is -0.601. The molecular weight excluding hydrogens is 498 g/mol. The van der Waals surface area contributed by atoms with Gasteiger partial charge in [-0.05, 0) is 66.9 Å². The summed E-state index contributed by atoms with van der Waals surface area (Å²) in [7, 11) is 0. The van der Waals surface area contributed by atoms with Crippen molar-refractivity contribution >= 4 is 0 Å². The van der Waals surface area contributed by atoms with E-state index < -0.39 is 6.10 Å². The molecule has 1 heterocycles. The van der Waals surface area contributed by atoms with Gasteiger partial charge in [-0.25, -0.2) is 8.78 Å². The third-order valence-electron chi connectivity index (χ3n) is 7.08. The van der Waals surface area contributed by atoms with Crippen molar-refractivity contribution in [1.82, 2.24) is 9.80 Å². The van der Waals surface area contributed by atoms with Crippen molar-refractivity contribution in [2.75, 3.05) is 52.5 Å². The number of hydrogen-bond donors (Lipinski definition) is 1. The van der Waals surface area contributed by atoms with Crippen LogP contribution in [0.25, 0.3) is 0 Å². The molecule has 0 spiro atoms. The third kappa shape index (κ3) is 8.88. The van der Waals surface area contributed by atoms with Crippen LogP contribution in [0.2, 0.25) is 0 Å². The van der Waals surface area contributed by atoms with Gasteiger partial charge in [0.25, 0.3) is 0 Å². The molecule has 0 saturated carbocycles. The molecule has 1 unspecified atom stereocenters. The second-order valence-corrected chi connectivity index (χ2v) is 9.95. The molecule has 1 aliphatic heterocycles. The average Bonchev–Trinajstić information content (AvgIpc) is 2.96. The number of aliphatic hydroxyl groups is 1. The van der Waals surface area contributed by atoms with Gasteiger partial charge in [0, 0.05) is 38.6 Å². The molecule has 1 saturated heterocycles. The van der Waals surface area contributed by atoms with Gasteiger partial charge in [0.05, 0.1) is 0 Å². The molecule has 3 aromatic rings. The molecule has 3 aromatic carbocycles. The van der Waals surface area contributed by atoms with Gasteiger partial charge in [0.2, 0.25) is 0 Å². The standard InChI is InChI=1S/C32H38F2N2O3/c1-2-22-38-31-7-3-4-8-32(31)39-24-29(37)23-36-20-18-35(19-21-36)17-5-6-30(25-9-13-27(33)14-10-25)26-11-15-28(34)16-12-26/h2-4,7-16,29-30,37H,1,5-6,17-24H2. The number of ether oxygens (including phenoxy) is 2. The van der Waals surface area contributed by atoms with Crippen LogP contribution < -0.4 is 9.47 Å². The minimum absolute atomic E-state index is 0.0925. The second-order valence-electron chi connectivity index (χ2n) is 9.95. The molecule has 0 amide bonds. The van der Waals surface area contributed by atoms with Gasteiger partial charge >= 0.3 is 0 Å². The van der Waals surface area contributed by atoms with Crippen molar-refractivity contribution in [2.45, 2.75) is 24.9 Å². The van der Waals surface area contributed by atoms with Crippen molar-refractivity contribution in [3.63, 3.8) is 0 Å². The molecule has 0 aliphatic carbocycles. The number of benzene rings is 3. The van der Waals surface area contributed by atoms with Crippen LogP contribution in [0.5, 0.6) is 11.5 Å². The van der Waals surface area contributed by atoms with Crippen LogP contribution in [-0.2, 0) is 0 Å². The molecule has 7 heteroatoms. The third-order valence-corrected chi connectivity index (χ3v) is 7.08. The Bertz CT molecular complexity index is 1100. The van der Waals surface area contributed by atoms with Crippen LogP contribution in [0.1, 0.15) is 29.9 Å². The molecular formula is C32H38F2N2O3. The number of aliphatic hydroxyl groups excluding tert-OH is 1. The summed E-state index contributed by atoms with van der Waals surface area (Å²) in [5.41, 5.74) is 2.08. The monoisotopic (exact) mass is 536 g/mol. The van der Waals surface area contributed by atoms with Crippen molar-refractivity contribution in [1.29, 1.82) is 0 Å². The fourth-order valence-corrected chi connectivity index (χ4v) is 5.00. The number of nitrogens with zero attached hydrogens (tertiary/aromatic N) is 2. The van der Waals surface area contributed by atoms with Crippen molar-refractivity contribution < 1.29 is 23.4 Å². The molecule has 39 heavy (non-hydrogen) atoms. The van der Waals surface area contributed by atoms with Gasteiger partial charge in [-0.15, -0.1) is 0 Å². The molecule has 1 N–H and O–H groups in total. The quantitative estimate of drug-likeness (QED) is 0.276. The molecule has 1 aliphatic rings. The lowest BCUT2D eigenvalue weighted by Crippen LogP contribution is -2.49. The number of piperazine rings is 1. The highest BCUT2D eigenvalue weighted by molar-refractivity contribution is 5.39. The van der Waals surface area contributed by atoms with E-state index >= 15 is 0 Å². The first-order chi connectivity index (χ1) is 19.0. The summed E-state index contributed by atoms with van der Waals surface area (Å²) < 4.78 is 38.4. The Balaban J connectivity index is 1.20.